The molecule has 0 spiro atoms. The minimum absolute atomic E-state index is 0.356. The molecular weight excluding hydrogens is 439 g/mol. The van der Waals surface area contributed by atoms with E-state index in [1.165, 1.54) is 5.56 Å². The van der Waals surface area contributed by atoms with Crippen LogP contribution >= 0.6 is 23.2 Å². The van der Waals surface area contributed by atoms with Crippen molar-refractivity contribution in [2.75, 3.05) is 0 Å². The van der Waals surface area contributed by atoms with Crippen LogP contribution in [-0.2, 0) is 19.5 Å². The highest BCUT2D eigenvalue weighted by atomic mass is 35.5. The molecule has 0 aliphatic rings. The largest absolute Gasteiger partial charge is 0.309 e. The lowest BCUT2D eigenvalue weighted by molar-refractivity contribution is 0.503. The number of nitrogens with zero attached hydrogens (tertiary/aromatic N) is 3. The van der Waals surface area contributed by atoms with Gasteiger partial charge in [-0.15, -0.1) is 0 Å². The zero-order chi connectivity index (χ0) is 22.3. The molecule has 32 heavy (non-hydrogen) atoms. The summed E-state index contributed by atoms with van der Waals surface area (Å²) in [6.45, 7) is 3.34. The van der Waals surface area contributed by atoms with E-state index in [0.717, 1.165) is 35.4 Å². The molecule has 1 aromatic heterocycles. The summed E-state index contributed by atoms with van der Waals surface area (Å²) < 4.78 is 0. The van der Waals surface area contributed by atoms with E-state index in [-0.39, 0.29) is 0 Å². The Morgan fingerprint density at radius 2 is 1.62 bits per heavy atom. The Hall–Kier alpha value is -2.66. The maximum Gasteiger partial charge on any atom is 0.117 e. The number of nitrogens with one attached hydrogen (secondary N) is 1. The summed E-state index contributed by atoms with van der Waals surface area (Å²) in [7, 11) is 0. The summed E-state index contributed by atoms with van der Waals surface area (Å²) in [5, 5.41) is 14.4. The minimum Gasteiger partial charge on any atom is -0.309 e. The number of aryl methyl sites for hydroxylation is 1. The molecule has 0 aliphatic heterocycles. The number of aromatic nitrogens is 3. The summed E-state index contributed by atoms with van der Waals surface area (Å²) >= 11 is 12.4. The van der Waals surface area contributed by atoms with Crippen LogP contribution in [0, 0.1) is 0 Å². The van der Waals surface area contributed by atoms with Crippen LogP contribution in [0.4, 0.5) is 0 Å². The van der Waals surface area contributed by atoms with Gasteiger partial charge in [0.05, 0.1) is 6.54 Å². The molecule has 4 nitrogen and oxygen atoms in total. The monoisotopic (exact) mass is 464 g/mol. The van der Waals surface area contributed by atoms with Crippen LogP contribution in [0.2, 0.25) is 10.0 Å². The molecule has 4 rings (SSSR count). The first-order valence-electron chi connectivity index (χ1n) is 10.8. The molecule has 0 unspecified atom stereocenters. The quantitative estimate of drug-likeness (QED) is 0.311. The minimum atomic E-state index is 0.356. The predicted molar refractivity (Wildman–Crippen MR) is 132 cm³/mol. The molecule has 1 heterocycles. The Morgan fingerprint density at radius 3 is 2.34 bits per heavy atom. The molecule has 0 radical (unpaired) electrons. The van der Waals surface area contributed by atoms with Gasteiger partial charge < -0.3 is 5.32 Å². The first-order valence-corrected chi connectivity index (χ1v) is 11.5. The summed E-state index contributed by atoms with van der Waals surface area (Å²) in [4.78, 5) is 1.71. The van der Waals surface area contributed by atoms with Gasteiger partial charge in [-0.25, -0.2) is 0 Å². The summed E-state index contributed by atoms with van der Waals surface area (Å²) in [5.74, 6) is 0. The molecule has 0 saturated heterocycles. The van der Waals surface area contributed by atoms with Crippen molar-refractivity contribution in [3.05, 3.63) is 106 Å². The maximum atomic E-state index is 6.37. The van der Waals surface area contributed by atoms with Gasteiger partial charge >= 0.3 is 0 Å². The first-order chi connectivity index (χ1) is 15.6. The highest BCUT2D eigenvalue weighted by Gasteiger charge is 2.15. The lowest BCUT2D eigenvalue weighted by Crippen LogP contribution is -2.26. The molecule has 0 fully saturated rings. The number of halogens is 2. The second-order valence-electron chi connectivity index (χ2n) is 7.93. The molecule has 1 N–H and O–H groups in total. The normalized spacial score (nSPS) is 12.1. The third-order valence-electron chi connectivity index (χ3n) is 5.43. The fourth-order valence-electron chi connectivity index (χ4n) is 3.60. The third-order valence-corrected chi connectivity index (χ3v) is 6.01. The van der Waals surface area contributed by atoms with Crippen molar-refractivity contribution in [2.24, 2.45) is 0 Å². The molecule has 6 heteroatoms. The van der Waals surface area contributed by atoms with E-state index >= 15 is 0 Å². The Labute approximate surface area is 199 Å². The van der Waals surface area contributed by atoms with Gasteiger partial charge in [-0.1, -0.05) is 89.9 Å². The molecule has 0 bridgehead atoms. The van der Waals surface area contributed by atoms with E-state index in [1.807, 2.05) is 30.3 Å². The van der Waals surface area contributed by atoms with Crippen molar-refractivity contribution in [1.82, 2.24) is 20.3 Å². The molecule has 164 valence electrons. The van der Waals surface area contributed by atoms with E-state index in [1.54, 1.807) is 10.9 Å². The van der Waals surface area contributed by atoms with E-state index < -0.39 is 0 Å². The van der Waals surface area contributed by atoms with Crippen molar-refractivity contribution >= 4 is 23.2 Å². The van der Waals surface area contributed by atoms with Gasteiger partial charge in [-0.2, -0.15) is 15.0 Å². The van der Waals surface area contributed by atoms with Crippen molar-refractivity contribution < 1.29 is 0 Å². The van der Waals surface area contributed by atoms with E-state index in [2.05, 4.69) is 54.7 Å². The third kappa shape index (κ3) is 5.98. The van der Waals surface area contributed by atoms with Gasteiger partial charge in [-0.05, 0) is 43.0 Å². The lowest BCUT2D eigenvalue weighted by atomic mass is 10.1. The average Bonchev–Trinajstić information content (AvgIpc) is 3.22. The SMILES string of the molecule is C[C@H](CCc1ccccc1)NCc1nn(Cc2ccc(Cl)cc2Cl)nc1-c1ccccc1. The van der Waals surface area contributed by atoms with Crippen molar-refractivity contribution in [1.29, 1.82) is 0 Å². The van der Waals surface area contributed by atoms with Gasteiger partial charge in [0.25, 0.3) is 0 Å². The van der Waals surface area contributed by atoms with Crippen LogP contribution in [0.3, 0.4) is 0 Å². The predicted octanol–water partition coefficient (Wildman–Crippen LogP) is 6.41. The molecule has 3 aromatic carbocycles. The zero-order valence-corrected chi connectivity index (χ0v) is 19.5. The number of benzene rings is 3. The highest BCUT2D eigenvalue weighted by Crippen LogP contribution is 2.24. The summed E-state index contributed by atoms with van der Waals surface area (Å²) in [6.07, 6.45) is 2.10. The summed E-state index contributed by atoms with van der Waals surface area (Å²) in [5.41, 5.74) is 5.15. The van der Waals surface area contributed by atoms with Crippen LogP contribution in [-0.4, -0.2) is 21.0 Å². The van der Waals surface area contributed by atoms with Crippen LogP contribution < -0.4 is 5.32 Å². The number of hydrogen-bond acceptors (Lipinski definition) is 3. The van der Waals surface area contributed by atoms with Crippen LogP contribution in [0.1, 0.15) is 30.2 Å². The standard InChI is InChI=1S/C26H26Cl2N4/c1-19(12-13-20-8-4-2-5-9-20)29-17-25-26(21-10-6-3-7-11-21)31-32(30-25)18-22-14-15-23(27)16-24(22)28/h2-11,14-16,19,29H,12-13,17-18H2,1H3/t19-/m1/s1. The Morgan fingerprint density at radius 1 is 0.906 bits per heavy atom. The zero-order valence-electron chi connectivity index (χ0n) is 18.0. The smallest absolute Gasteiger partial charge is 0.117 e. The van der Waals surface area contributed by atoms with Crippen molar-refractivity contribution in [3.63, 3.8) is 0 Å². The van der Waals surface area contributed by atoms with Gasteiger partial charge in [0.2, 0.25) is 0 Å². The van der Waals surface area contributed by atoms with Crippen LogP contribution in [0.5, 0.6) is 0 Å². The molecule has 0 amide bonds. The van der Waals surface area contributed by atoms with Gasteiger partial charge in [0.1, 0.15) is 11.4 Å². The Balaban J connectivity index is 1.48. The van der Waals surface area contributed by atoms with Crippen LogP contribution in [0.15, 0.2) is 78.9 Å². The van der Waals surface area contributed by atoms with E-state index in [4.69, 9.17) is 33.4 Å². The second kappa shape index (κ2) is 10.8. The second-order valence-corrected chi connectivity index (χ2v) is 8.78. The van der Waals surface area contributed by atoms with Crippen molar-refractivity contribution in [3.8, 4) is 11.3 Å². The van der Waals surface area contributed by atoms with Gasteiger partial charge in [0.15, 0.2) is 0 Å². The molecule has 1 atom stereocenters. The van der Waals surface area contributed by atoms with E-state index in [9.17, 15) is 0 Å². The fraction of sp³-hybridized carbons (Fsp3) is 0.231. The van der Waals surface area contributed by atoms with Crippen LogP contribution in [0.25, 0.3) is 11.3 Å². The number of hydrogen-bond donors (Lipinski definition) is 1. The fourth-order valence-corrected chi connectivity index (χ4v) is 4.06. The average molecular weight is 465 g/mol. The Bertz CT molecular complexity index is 1140. The molecular formula is C26H26Cl2N4. The molecule has 0 aliphatic carbocycles. The lowest BCUT2D eigenvalue weighted by Gasteiger charge is -2.13. The maximum absolute atomic E-state index is 6.37. The first kappa shape index (κ1) is 22.5. The molecule has 0 saturated carbocycles. The molecule has 4 aromatic rings. The summed E-state index contributed by atoms with van der Waals surface area (Å²) in [6, 6.07) is 26.6. The Kier molecular flexibility index (Phi) is 7.59. The number of rotatable bonds is 9. The van der Waals surface area contributed by atoms with Crippen molar-refractivity contribution in [2.45, 2.75) is 38.9 Å². The topological polar surface area (TPSA) is 42.7 Å². The van der Waals surface area contributed by atoms with Gasteiger partial charge in [-0.3, -0.25) is 0 Å². The van der Waals surface area contributed by atoms with E-state index in [0.29, 0.717) is 29.2 Å². The van der Waals surface area contributed by atoms with Gasteiger partial charge in [0, 0.05) is 28.2 Å². The highest BCUT2D eigenvalue weighted by molar-refractivity contribution is 6.35.